The summed E-state index contributed by atoms with van der Waals surface area (Å²) in [4.78, 5) is 26.4. The average Bonchev–Trinajstić information content (AvgIpc) is 2.84. The molecule has 9 heteroatoms. The molecule has 1 aromatic heterocycles. The Hall–Kier alpha value is -2.68. The zero-order valence-corrected chi connectivity index (χ0v) is 20.2. The van der Waals surface area contributed by atoms with Gasteiger partial charge in [-0.25, -0.2) is 4.98 Å². The number of anilines is 1. The molecular weight excluding hydrogens is 454 g/mol. The van der Waals surface area contributed by atoms with Gasteiger partial charge >= 0.3 is 0 Å². The van der Waals surface area contributed by atoms with Gasteiger partial charge in [-0.1, -0.05) is 28.9 Å². The lowest BCUT2D eigenvalue weighted by Crippen LogP contribution is -2.56. The highest BCUT2D eigenvalue weighted by Crippen LogP contribution is 2.29. The van der Waals surface area contributed by atoms with Crippen molar-refractivity contribution in [2.24, 2.45) is 11.1 Å². The number of hydrogen-bond donors (Lipinski definition) is 2. The topological polar surface area (TPSA) is 104 Å². The predicted octanol–water partition coefficient (Wildman–Crippen LogP) is 2.93. The van der Waals surface area contributed by atoms with E-state index in [1.807, 2.05) is 41.3 Å². The average molecular weight is 486 g/mol. The van der Waals surface area contributed by atoms with Crippen LogP contribution in [0.5, 0.6) is 0 Å². The van der Waals surface area contributed by atoms with Crippen LogP contribution in [0.2, 0.25) is 5.02 Å². The van der Waals surface area contributed by atoms with Crippen LogP contribution in [0, 0.1) is 5.92 Å². The molecule has 0 spiro atoms. The van der Waals surface area contributed by atoms with E-state index in [-0.39, 0.29) is 11.8 Å². The molecule has 3 N–H and O–H groups in total. The van der Waals surface area contributed by atoms with Crippen molar-refractivity contribution in [2.75, 3.05) is 39.0 Å². The van der Waals surface area contributed by atoms with Crippen molar-refractivity contribution in [2.45, 2.75) is 37.8 Å². The van der Waals surface area contributed by atoms with Gasteiger partial charge < -0.3 is 20.6 Å². The summed E-state index contributed by atoms with van der Waals surface area (Å²) < 4.78 is 0. The molecule has 34 heavy (non-hydrogen) atoms. The van der Waals surface area contributed by atoms with E-state index in [9.17, 15) is 9.90 Å². The molecule has 182 valence electrons. The van der Waals surface area contributed by atoms with Crippen molar-refractivity contribution < 1.29 is 14.7 Å². The number of amides is 1. The normalized spacial score (nSPS) is 19.7. The van der Waals surface area contributed by atoms with Gasteiger partial charge in [-0.15, -0.1) is 0 Å². The molecule has 1 amide bonds. The monoisotopic (exact) mass is 485 g/mol. The molecule has 8 nitrogen and oxygen atoms in total. The predicted molar refractivity (Wildman–Crippen MR) is 132 cm³/mol. The van der Waals surface area contributed by atoms with Gasteiger partial charge in [-0.3, -0.25) is 9.69 Å². The van der Waals surface area contributed by atoms with Gasteiger partial charge in [0.05, 0.1) is 5.71 Å². The Kier molecular flexibility index (Phi) is 7.70. The van der Waals surface area contributed by atoms with E-state index < -0.39 is 5.60 Å². The number of benzene rings is 1. The third-order valence-corrected chi connectivity index (χ3v) is 7.08. The molecule has 2 aliphatic heterocycles. The van der Waals surface area contributed by atoms with Crippen molar-refractivity contribution in [1.82, 2.24) is 14.8 Å². The van der Waals surface area contributed by atoms with Gasteiger partial charge in [0.1, 0.15) is 18.5 Å². The minimum absolute atomic E-state index is 0.157. The first-order valence-corrected chi connectivity index (χ1v) is 12.1. The maximum absolute atomic E-state index is 13.3. The number of aliphatic hydroxyl groups is 1. The fourth-order valence-corrected chi connectivity index (χ4v) is 5.00. The number of carbonyl (C=O) groups is 1. The van der Waals surface area contributed by atoms with Crippen molar-refractivity contribution in [1.29, 1.82) is 0 Å². The van der Waals surface area contributed by atoms with Crippen LogP contribution in [-0.2, 0) is 16.2 Å². The highest BCUT2D eigenvalue weighted by Gasteiger charge is 2.43. The summed E-state index contributed by atoms with van der Waals surface area (Å²) in [5.74, 6) is 0.518. The number of carbonyl (C=O) groups excluding carboxylic acids is 1. The number of hydrogen-bond acceptors (Lipinski definition) is 7. The summed E-state index contributed by atoms with van der Waals surface area (Å²) in [6.07, 6.45) is 4.08. The molecule has 0 radical (unpaired) electrons. The number of halogens is 1. The molecule has 0 bridgehead atoms. The smallest absolute Gasteiger partial charge is 0.254 e. The Morgan fingerprint density at radius 3 is 2.50 bits per heavy atom. The number of oxime groups is 1. The molecule has 0 saturated carbocycles. The van der Waals surface area contributed by atoms with Gasteiger partial charge in [0.2, 0.25) is 0 Å². The lowest BCUT2D eigenvalue weighted by atomic mass is 9.85. The van der Waals surface area contributed by atoms with Crippen LogP contribution < -0.4 is 5.73 Å². The molecule has 2 saturated heterocycles. The first-order chi connectivity index (χ1) is 16.4. The summed E-state index contributed by atoms with van der Waals surface area (Å²) in [7, 11) is 1.54. The van der Waals surface area contributed by atoms with E-state index in [0.717, 1.165) is 36.2 Å². The first-order valence-electron chi connectivity index (χ1n) is 11.7. The molecule has 2 aliphatic rings. The van der Waals surface area contributed by atoms with Gasteiger partial charge in [-0.2, -0.15) is 0 Å². The number of nitrogen functional groups attached to an aromatic ring is 1. The van der Waals surface area contributed by atoms with Crippen molar-refractivity contribution in [3.05, 3.63) is 58.7 Å². The van der Waals surface area contributed by atoms with E-state index in [0.29, 0.717) is 49.9 Å². The molecule has 0 atom stereocenters. The number of nitrogens with zero attached hydrogens (tertiary/aromatic N) is 4. The molecule has 3 heterocycles. The minimum atomic E-state index is -1.31. The largest absolute Gasteiger partial charge is 0.399 e. The van der Waals surface area contributed by atoms with Gasteiger partial charge in [0.15, 0.2) is 0 Å². The number of nitrogens with two attached hydrogens (primary N) is 1. The Morgan fingerprint density at radius 2 is 1.88 bits per heavy atom. The van der Waals surface area contributed by atoms with Crippen LogP contribution in [0.25, 0.3) is 0 Å². The summed E-state index contributed by atoms with van der Waals surface area (Å²) in [5, 5.41) is 16.1. The summed E-state index contributed by atoms with van der Waals surface area (Å²) >= 11 is 6.03. The minimum Gasteiger partial charge on any atom is -0.399 e. The molecule has 1 aromatic carbocycles. The van der Waals surface area contributed by atoms with Crippen LogP contribution in [0.1, 0.15) is 36.8 Å². The van der Waals surface area contributed by atoms with Crippen LogP contribution in [0.3, 0.4) is 0 Å². The van der Waals surface area contributed by atoms with Crippen molar-refractivity contribution in [3.8, 4) is 0 Å². The third-order valence-electron chi connectivity index (χ3n) is 6.83. The first kappa shape index (κ1) is 24.4. The number of pyridine rings is 1. The van der Waals surface area contributed by atoms with Crippen molar-refractivity contribution >= 4 is 29.0 Å². The Labute approximate surface area is 205 Å². The number of likely N-dealkylation sites (tertiary alicyclic amines) is 2. The Balaban J connectivity index is 1.32. The van der Waals surface area contributed by atoms with Gasteiger partial charge in [0.25, 0.3) is 5.91 Å². The van der Waals surface area contributed by atoms with E-state index in [2.05, 4.69) is 15.0 Å². The van der Waals surface area contributed by atoms with E-state index in [1.165, 1.54) is 0 Å². The van der Waals surface area contributed by atoms with Crippen LogP contribution in [-0.4, -0.2) is 70.4 Å². The fourth-order valence-electron chi connectivity index (χ4n) is 4.88. The van der Waals surface area contributed by atoms with E-state index in [1.54, 1.807) is 13.3 Å². The van der Waals surface area contributed by atoms with E-state index in [4.69, 9.17) is 22.2 Å². The Morgan fingerprint density at radius 1 is 1.21 bits per heavy atom. The van der Waals surface area contributed by atoms with Crippen LogP contribution in [0.4, 0.5) is 5.82 Å². The Bertz CT molecular complexity index is 1010. The molecule has 4 rings (SSSR count). The lowest BCUT2D eigenvalue weighted by molar-refractivity contribution is -0.157. The van der Waals surface area contributed by atoms with Crippen molar-refractivity contribution in [3.63, 3.8) is 0 Å². The highest BCUT2D eigenvalue weighted by molar-refractivity contribution is 6.30. The van der Waals surface area contributed by atoms with Crippen LogP contribution in [0.15, 0.2) is 47.8 Å². The molecule has 0 unspecified atom stereocenters. The van der Waals surface area contributed by atoms with Crippen LogP contribution >= 0.6 is 11.6 Å². The number of rotatable bonds is 6. The summed E-state index contributed by atoms with van der Waals surface area (Å²) in [6, 6.07) is 11.4. The summed E-state index contributed by atoms with van der Waals surface area (Å²) in [6.45, 7) is 3.21. The maximum Gasteiger partial charge on any atom is 0.254 e. The standard InChI is InChI=1S/C25H32ClN5O3/c1-34-29-23(19-2-4-21(26)5-3-19)20-7-12-31(13-8-20)24(32)25(33)9-14-30(15-10-25)17-18-6-11-28-22(27)16-18/h2-6,11,16,20,33H,7-10,12-15,17H2,1H3,(H2,27,28). The fraction of sp³-hybridized carbons (Fsp3) is 0.480. The molecular formula is C25H32ClN5O3. The highest BCUT2D eigenvalue weighted by atomic mass is 35.5. The SMILES string of the molecule is CON=C(c1ccc(Cl)cc1)C1CCN(C(=O)C2(O)CCN(Cc3ccnc(N)c3)CC2)CC1. The molecule has 2 aromatic rings. The number of aromatic nitrogens is 1. The molecule has 2 fully saturated rings. The third kappa shape index (κ3) is 5.68. The van der Waals surface area contributed by atoms with E-state index >= 15 is 0 Å². The van der Waals surface area contributed by atoms with Gasteiger partial charge in [0, 0.05) is 49.9 Å². The maximum atomic E-state index is 13.3. The zero-order valence-electron chi connectivity index (χ0n) is 19.5. The summed E-state index contributed by atoms with van der Waals surface area (Å²) in [5.41, 5.74) is 7.39. The second-order valence-electron chi connectivity index (χ2n) is 9.13. The zero-order chi connectivity index (χ0) is 24.1. The lowest BCUT2D eigenvalue weighted by Gasteiger charge is -2.41. The second-order valence-corrected chi connectivity index (χ2v) is 9.57. The quantitative estimate of drug-likeness (QED) is 0.481. The number of piperidine rings is 2. The second kappa shape index (κ2) is 10.7. The van der Waals surface area contributed by atoms with Gasteiger partial charge in [-0.05, 0) is 61.1 Å². The molecule has 0 aliphatic carbocycles.